The van der Waals surface area contributed by atoms with Gasteiger partial charge in [0.15, 0.2) is 0 Å². The molecule has 104 valence electrons. The number of benzene rings is 1. The first-order chi connectivity index (χ1) is 9.02. The Balaban J connectivity index is 2.33. The van der Waals surface area contributed by atoms with Gasteiger partial charge in [-0.25, -0.2) is 9.18 Å². The van der Waals surface area contributed by atoms with Gasteiger partial charge in [-0.15, -0.1) is 0 Å². The zero-order valence-corrected chi connectivity index (χ0v) is 10.7. The molecule has 6 heteroatoms. The highest BCUT2D eigenvalue weighted by atomic mass is 19.1. The van der Waals surface area contributed by atoms with Crippen molar-refractivity contribution in [3.63, 3.8) is 0 Å². The van der Waals surface area contributed by atoms with Crippen LogP contribution >= 0.6 is 0 Å². The molecule has 2 rings (SSSR count). The number of nitrogen functional groups attached to an aromatic ring is 1. The number of aromatic carboxylic acids is 1. The van der Waals surface area contributed by atoms with Gasteiger partial charge in [0.1, 0.15) is 5.82 Å². The number of methoxy groups -OCH3 is 1. The summed E-state index contributed by atoms with van der Waals surface area (Å²) >= 11 is 0. The first kappa shape index (κ1) is 13.6. The van der Waals surface area contributed by atoms with Crippen LogP contribution in [0.25, 0.3) is 0 Å². The number of hydrogen-bond acceptors (Lipinski definition) is 4. The molecule has 1 aliphatic heterocycles. The first-order valence-corrected chi connectivity index (χ1v) is 6.13. The fraction of sp³-hybridized carbons (Fsp3) is 0.462. The van der Waals surface area contributed by atoms with Crippen LogP contribution in [-0.4, -0.2) is 37.4 Å². The maximum atomic E-state index is 14.0. The zero-order valence-electron chi connectivity index (χ0n) is 10.7. The average Bonchev–Trinajstić information content (AvgIpc) is 2.38. The summed E-state index contributed by atoms with van der Waals surface area (Å²) in [5.41, 5.74) is 5.65. The molecule has 0 saturated carbocycles. The number of anilines is 2. The van der Waals surface area contributed by atoms with Crippen molar-refractivity contribution in [1.29, 1.82) is 0 Å². The van der Waals surface area contributed by atoms with E-state index in [4.69, 9.17) is 15.6 Å². The van der Waals surface area contributed by atoms with Crippen molar-refractivity contribution in [3.05, 3.63) is 23.5 Å². The van der Waals surface area contributed by atoms with E-state index in [1.54, 1.807) is 12.0 Å². The maximum Gasteiger partial charge on any atom is 0.337 e. The van der Waals surface area contributed by atoms with Crippen LogP contribution in [0.5, 0.6) is 0 Å². The standard InChI is InChI=1S/C13H17FN2O3/c1-19-8-3-2-4-16(7-8)12-5-9(13(17)18)11(15)6-10(12)14/h5-6,8H,2-4,7,15H2,1H3,(H,17,18). The molecule has 0 spiro atoms. The number of piperidine rings is 1. The van der Waals surface area contributed by atoms with Crippen molar-refractivity contribution in [2.24, 2.45) is 0 Å². The van der Waals surface area contributed by atoms with Crippen LogP contribution in [0, 0.1) is 5.82 Å². The van der Waals surface area contributed by atoms with Crippen molar-refractivity contribution in [3.8, 4) is 0 Å². The predicted octanol–water partition coefficient (Wildman–Crippen LogP) is 1.72. The molecule has 0 amide bonds. The van der Waals surface area contributed by atoms with Gasteiger partial charge < -0.3 is 20.5 Å². The number of carboxylic acid groups (broad SMARTS) is 1. The molecule has 1 saturated heterocycles. The summed E-state index contributed by atoms with van der Waals surface area (Å²) in [7, 11) is 1.62. The summed E-state index contributed by atoms with van der Waals surface area (Å²) in [6, 6.07) is 2.36. The van der Waals surface area contributed by atoms with Crippen LogP contribution in [0.1, 0.15) is 23.2 Å². The van der Waals surface area contributed by atoms with Crippen molar-refractivity contribution < 1.29 is 19.0 Å². The third-order valence-corrected chi connectivity index (χ3v) is 3.40. The topological polar surface area (TPSA) is 75.8 Å². The summed E-state index contributed by atoms with van der Waals surface area (Å²) in [4.78, 5) is 12.8. The van der Waals surface area contributed by atoms with E-state index >= 15 is 0 Å². The molecule has 1 unspecified atom stereocenters. The monoisotopic (exact) mass is 268 g/mol. The van der Waals surface area contributed by atoms with E-state index in [9.17, 15) is 9.18 Å². The van der Waals surface area contributed by atoms with Crippen LogP contribution in [0.4, 0.5) is 15.8 Å². The van der Waals surface area contributed by atoms with E-state index in [1.807, 2.05) is 0 Å². The van der Waals surface area contributed by atoms with Gasteiger partial charge in [0, 0.05) is 25.9 Å². The normalized spacial score (nSPS) is 19.5. The van der Waals surface area contributed by atoms with Crippen LogP contribution in [0.3, 0.4) is 0 Å². The van der Waals surface area contributed by atoms with E-state index in [0.717, 1.165) is 18.9 Å². The van der Waals surface area contributed by atoms with Crippen LogP contribution < -0.4 is 10.6 Å². The second-order valence-electron chi connectivity index (χ2n) is 4.64. The first-order valence-electron chi connectivity index (χ1n) is 6.13. The van der Waals surface area contributed by atoms with Crippen molar-refractivity contribution in [1.82, 2.24) is 0 Å². The number of ether oxygens (including phenoxy) is 1. The lowest BCUT2D eigenvalue weighted by Gasteiger charge is -2.34. The van der Waals surface area contributed by atoms with Crippen molar-refractivity contribution in [2.45, 2.75) is 18.9 Å². The second-order valence-corrected chi connectivity index (χ2v) is 4.64. The highest BCUT2D eigenvalue weighted by Crippen LogP contribution is 2.28. The summed E-state index contributed by atoms with van der Waals surface area (Å²) in [5.74, 6) is -1.65. The molecule has 0 aromatic heterocycles. The van der Waals surface area contributed by atoms with Crippen molar-refractivity contribution in [2.75, 3.05) is 30.8 Å². The molecule has 0 bridgehead atoms. The summed E-state index contributed by atoms with van der Waals surface area (Å²) in [6.07, 6.45) is 1.85. The molecule has 1 aromatic rings. The van der Waals surface area contributed by atoms with Gasteiger partial charge in [-0.1, -0.05) is 0 Å². The Morgan fingerprint density at radius 2 is 2.32 bits per heavy atom. The number of carboxylic acids is 1. The third-order valence-electron chi connectivity index (χ3n) is 3.40. The number of nitrogens with zero attached hydrogens (tertiary/aromatic N) is 1. The van der Waals surface area contributed by atoms with Gasteiger partial charge in [0.2, 0.25) is 0 Å². The van der Waals surface area contributed by atoms with E-state index in [2.05, 4.69) is 0 Å². The molecule has 3 N–H and O–H groups in total. The largest absolute Gasteiger partial charge is 0.478 e. The summed E-state index contributed by atoms with van der Waals surface area (Å²) in [5, 5.41) is 9.03. The number of rotatable bonds is 3. The average molecular weight is 268 g/mol. The van der Waals surface area contributed by atoms with Gasteiger partial charge >= 0.3 is 5.97 Å². The molecule has 1 aromatic carbocycles. The van der Waals surface area contributed by atoms with Gasteiger partial charge in [0.25, 0.3) is 0 Å². The minimum absolute atomic E-state index is 0.0407. The summed E-state index contributed by atoms with van der Waals surface area (Å²) < 4.78 is 19.2. The number of carbonyl (C=O) groups is 1. The fourth-order valence-electron chi connectivity index (χ4n) is 2.35. The number of hydrogen-bond donors (Lipinski definition) is 2. The van der Waals surface area contributed by atoms with Crippen molar-refractivity contribution >= 4 is 17.3 Å². The highest BCUT2D eigenvalue weighted by molar-refractivity contribution is 5.95. The third kappa shape index (κ3) is 2.78. The van der Waals surface area contributed by atoms with E-state index in [1.165, 1.54) is 6.07 Å². The van der Waals surface area contributed by atoms with E-state index in [-0.39, 0.29) is 23.0 Å². The van der Waals surface area contributed by atoms with E-state index < -0.39 is 11.8 Å². The Hall–Kier alpha value is -1.82. The van der Waals surface area contributed by atoms with Crippen LogP contribution in [-0.2, 0) is 4.74 Å². The lowest BCUT2D eigenvalue weighted by atomic mass is 10.1. The molecular formula is C13H17FN2O3. The van der Waals surface area contributed by atoms with Crippen LogP contribution in [0.2, 0.25) is 0 Å². The van der Waals surface area contributed by atoms with Gasteiger partial charge in [-0.3, -0.25) is 0 Å². The Morgan fingerprint density at radius 3 is 2.95 bits per heavy atom. The van der Waals surface area contributed by atoms with E-state index in [0.29, 0.717) is 13.1 Å². The highest BCUT2D eigenvalue weighted by Gasteiger charge is 2.23. The quantitative estimate of drug-likeness (QED) is 0.816. The Labute approximate surface area is 110 Å². The molecule has 1 aliphatic rings. The lowest BCUT2D eigenvalue weighted by Crippen LogP contribution is -2.39. The maximum absolute atomic E-state index is 14.0. The molecule has 0 aliphatic carbocycles. The van der Waals surface area contributed by atoms with Gasteiger partial charge in [0.05, 0.1) is 17.4 Å². The molecule has 1 heterocycles. The van der Waals surface area contributed by atoms with Crippen LogP contribution in [0.15, 0.2) is 12.1 Å². The Morgan fingerprint density at radius 1 is 1.58 bits per heavy atom. The zero-order chi connectivity index (χ0) is 14.0. The molecule has 0 radical (unpaired) electrons. The number of halogens is 1. The molecule has 5 nitrogen and oxygen atoms in total. The predicted molar refractivity (Wildman–Crippen MR) is 70.0 cm³/mol. The molecule has 19 heavy (non-hydrogen) atoms. The smallest absolute Gasteiger partial charge is 0.337 e. The Kier molecular flexibility index (Phi) is 3.90. The summed E-state index contributed by atoms with van der Waals surface area (Å²) in [6.45, 7) is 1.23. The number of nitrogens with two attached hydrogens (primary N) is 1. The molecule has 1 atom stereocenters. The minimum Gasteiger partial charge on any atom is -0.478 e. The molecule has 1 fully saturated rings. The fourth-order valence-corrected chi connectivity index (χ4v) is 2.35. The lowest BCUT2D eigenvalue weighted by molar-refractivity contribution is 0.0698. The van der Waals surface area contributed by atoms with Gasteiger partial charge in [-0.05, 0) is 25.0 Å². The Bertz CT molecular complexity index is 493. The van der Waals surface area contributed by atoms with Gasteiger partial charge in [-0.2, -0.15) is 0 Å². The molecular weight excluding hydrogens is 251 g/mol. The SMILES string of the molecule is COC1CCCN(c2cc(C(=O)O)c(N)cc2F)C1. The second kappa shape index (κ2) is 5.44. The minimum atomic E-state index is -1.15.